The highest BCUT2D eigenvalue weighted by Crippen LogP contribution is 2.34. The SMILES string of the molecule is O=C(N[C@H]1Cc2ccccc2[C@H](C(=O)N2C[C@@H](O)[C@@H](O)C2)C1)c1cc2cc(Cl)ccc2[nH]1. The molecule has 166 valence electrons. The van der Waals surface area contributed by atoms with Crippen molar-refractivity contribution in [1.82, 2.24) is 15.2 Å². The molecule has 2 heterocycles. The number of carbonyl (C=O) groups is 2. The number of rotatable bonds is 3. The van der Waals surface area contributed by atoms with Gasteiger partial charge in [-0.3, -0.25) is 9.59 Å². The van der Waals surface area contributed by atoms with Gasteiger partial charge in [0.2, 0.25) is 5.91 Å². The third-order valence-electron chi connectivity index (χ3n) is 6.45. The van der Waals surface area contributed by atoms with Crippen LogP contribution in [-0.4, -0.2) is 63.3 Å². The van der Waals surface area contributed by atoms with Crippen LogP contribution in [0.2, 0.25) is 5.02 Å². The number of benzene rings is 2. The number of aromatic amines is 1. The van der Waals surface area contributed by atoms with E-state index in [1.165, 1.54) is 4.90 Å². The summed E-state index contributed by atoms with van der Waals surface area (Å²) in [6.07, 6.45) is -0.771. The number of hydrogen-bond acceptors (Lipinski definition) is 4. The minimum absolute atomic E-state index is 0.118. The maximum absolute atomic E-state index is 13.3. The van der Waals surface area contributed by atoms with E-state index in [-0.39, 0.29) is 30.9 Å². The van der Waals surface area contributed by atoms with Gasteiger partial charge in [0, 0.05) is 35.1 Å². The highest BCUT2D eigenvalue weighted by atomic mass is 35.5. The van der Waals surface area contributed by atoms with Crippen molar-refractivity contribution in [2.45, 2.75) is 37.0 Å². The predicted octanol–water partition coefficient (Wildman–Crippen LogP) is 2.21. The molecule has 2 aliphatic rings. The van der Waals surface area contributed by atoms with Gasteiger partial charge in [0.15, 0.2) is 0 Å². The number of aromatic nitrogens is 1. The highest BCUT2D eigenvalue weighted by Gasteiger charge is 2.39. The Bertz CT molecular complexity index is 1180. The van der Waals surface area contributed by atoms with Crippen molar-refractivity contribution in [3.8, 4) is 0 Å². The third kappa shape index (κ3) is 3.88. The lowest BCUT2D eigenvalue weighted by atomic mass is 9.79. The molecule has 0 radical (unpaired) electrons. The number of carbonyl (C=O) groups excluding carboxylic acids is 2. The summed E-state index contributed by atoms with van der Waals surface area (Å²) in [5, 5.41) is 24.3. The normalized spacial score (nSPS) is 25.0. The van der Waals surface area contributed by atoms with Crippen molar-refractivity contribution < 1.29 is 19.8 Å². The second-order valence-corrected chi connectivity index (χ2v) is 9.09. The van der Waals surface area contributed by atoms with Crippen molar-refractivity contribution in [3.05, 3.63) is 70.4 Å². The topological polar surface area (TPSA) is 106 Å². The first kappa shape index (κ1) is 21.0. The highest BCUT2D eigenvalue weighted by molar-refractivity contribution is 6.31. The lowest BCUT2D eigenvalue weighted by Crippen LogP contribution is -2.44. The molecule has 0 spiro atoms. The van der Waals surface area contributed by atoms with Crippen LogP contribution in [0.1, 0.15) is 34.0 Å². The summed E-state index contributed by atoms with van der Waals surface area (Å²) in [4.78, 5) is 30.9. The molecular weight excluding hydrogens is 430 g/mol. The van der Waals surface area contributed by atoms with E-state index in [9.17, 15) is 19.8 Å². The summed E-state index contributed by atoms with van der Waals surface area (Å²) in [6.45, 7) is 0.237. The van der Waals surface area contributed by atoms with E-state index in [4.69, 9.17) is 11.6 Å². The summed E-state index contributed by atoms with van der Waals surface area (Å²) in [5.74, 6) is -0.809. The van der Waals surface area contributed by atoms with E-state index < -0.39 is 18.1 Å². The first-order chi connectivity index (χ1) is 15.4. The van der Waals surface area contributed by atoms with E-state index in [0.717, 1.165) is 22.0 Å². The zero-order chi connectivity index (χ0) is 22.4. The Kier molecular flexibility index (Phi) is 5.41. The predicted molar refractivity (Wildman–Crippen MR) is 121 cm³/mol. The van der Waals surface area contributed by atoms with Crippen LogP contribution in [0.4, 0.5) is 0 Å². The van der Waals surface area contributed by atoms with Gasteiger partial charge in [-0.05, 0) is 48.2 Å². The zero-order valence-corrected chi connectivity index (χ0v) is 18.0. The van der Waals surface area contributed by atoms with Crippen LogP contribution in [0, 0.1) is 0 Å². The Balaban J connectivity index is 1.37. The Morgan fingerprint density at radius 1 is 1.06 bits per heavy atom. The van der Waals surface area contributed by atoms with Gasteiger partial charge in [0.25, 0.3) is 5.91 Å². The smallest absolute Gasteiger partial charge is 0.267 e. The molecule has 2 amide bonds. The molecule has 2 aromatic carbocycles. The number of hydrogen-bond donors (Lipinski definition) is 4. The number of aliphatic hydroxyl groups excluding tert-OH is 2. The van der Waals surface area contributed by atoms with Crippen LogP contribution in [0.3, 0.4) is 0 Å². The molecule has 4 atom stereocenters. The summed E-state index contributed by atoms with van der Waals surface area (Å²) in [7, 11) is 0. The first-order valence-corrected chi connectivity index (χ1v) is 11.1. The fraction of sp³-hybridized carbons (Fsp3) is 0.333. The molecule has 0 bridgehead atoms. The minimum Gasteiger partial charge on any atom is -0.388 e. The van der Waals surface area contributed by atoms with Crippen molar-refractivity contribution in [1.29, 1.82) is 0 Å². The Labute approximate surface area is 190 Å². The largest absolute Gasteiger partial charge is 0.388 e. The number of halogens is 1. The number of likely N-dealkylation sites (tertiary alicyclic amines) is 1. The number of H-pyrrole nitrogens is 1. The summed E-state index contributed by atoms with van der Waals surface area (Å²) in [6, 6.07) is 14.7. The van der Waals surface area contributed by atoms with Gasteiger partial charge in [-0.15, -0.1) is 0 Å². The lowest BCUT2D eigenvalue weighted by molar-refractivity contribution is -0.132. The van der Waals surface area contributed by atoms with E-state index >= 15 is 0 Å². The number of fused-ring (bicyclic) bond motifs is 2. The quantitative estimate of drug-likeness (QED) is 0.488. The molecule has 7 nitrogen and oxygen atoms in total. The summed E-state index contributed by atoms with van der Waals surface area (Å²) < 4.78 is 0. The molecule has 3 aromatic rings. The molecule has 0 unspecified atom stereocenters. The zero-order valence-electron chi connectivity index (χ0n) is 17.3. The number of β-amino-alcohol motifs (C(OH)–C–C–N with tert-alkyl or cyclic N) is 2. The van der Waals surface area contributed by atoms with Crippen molar-refractivity contribution in [3.63, 3.8) is 0 Å². The summed E-state index contributed by atoms with van der Waals surface area (Å²) >= 11 is 6.05. The molecule has 1 aromatic heterocycles. The molecule has 1 aliphatic carbocycles. The number of nitrogens with one attached hydrogen (secondary N) is 2. The van der Waals surface area contributed by atoms with Crippen molar-refractivity contribution >= 4 is 34.3 Å². The van der Waals surface area contributed by atoms with E-state index in [0.29, 0.717) is 23.6 Å². The molecule has 1 saturated heterocycles. The molecule has 8 heteroatoms. The maximum atomic E-state index is 13.3. The molecular formula is C24H24ClN3O4. The van der Waals surface area contributed by atoms with Crippen LogP contribution in [0.15, 0.2) is 48.5 Å². The summed E-state index contributed by atoms with van der Waals surface area (Å²) in [5.41, 5.74) is 3.23. The monoisotopic (exact) mass is 453 g/mol. The van der Waals surface area contributed by atoms with Crippen LogP contribution >= 0.6 is 11.6 Å². The van der Waals surface area contributed by atoms with Crippen molar-refractivity contribution in [2.24, 2.45) is 0 Å². The van der Waals surface area contributed by atoms with Gasteiger partial charge in [0.1, 0.15) is 5.69 Å². The molecule has 1 fully saturated rings. The standard InChI is InChI=1S/C24H24ClN3O4/c25-15-5-6-19-14(7-15)9-20(27-19)23(31)26-16-8-13-3-1-2-4-17(13)18(10-16)24(32)28-11-21(29)22(30)12-28/h1-7,9,16,18,21-22,27,29-30H,8,10-12H2,(H,26,31)/t16-,18+,21-,22+/m0/s1. The van der Waals surface area contributed by atoms with Crippen LogP contribution in [0.5, 0.6) is 0 Å². The second kappa shape index (κ2) is 8.24. The number of nitrogens with zero attached hydrogens (tertiary/aromatic N) is 1. The van der Waals surface area contributed by atoms with Gasteiger partial charge in [-0.1, -0.05) is 35.9 Å². The van der Waals surface area contributed by atoms with Gasteiger partial charge >= 0.3 is 0 Å². The minimum atomic E-state index is -0.927. The Morgan fingerprint density at radius 3 is 2.59 bits per heavy atom. The number of amides is 2. The Morgan fingerprint density at radius 2 is 1.81 bits per heavy atom. The van der Waals surface area contributed by atoms with Crippen LogP contribution in [-0.2, 0) is 11.2 Å². The molecule has 0 saturated carbocycles. The van der Waals surface area contributed by atoms with E-state index in [2.05, 4.69) is 10.3 Å². The third-order valence-corrected chi connectivity index (χ3v) is 6.68. The Hall–Kier alpha value is -2.87. The average molecular weight is 454 g/mol. The molecule has 32 heavy (non-hydrogen) atoms. The van der Waals surface area contributed by atoms with E-state index in [1.54, 1.807) is 18.2 Å². The fourth-order valence-corrected chi connectivity index (χ4v) is 5.00. The maximum Gasteiger partial charge on any atom is 0.267 e. The van der Waals surface area contributed by atoms with Gasteiger partial charge in [-0.2, -0.15) is 0 Å². The lowest BCUT2D eigenvalue weighted by Gasteiger charge is -2.33. The van der Waals surface area contributed by atoms with Crippen LogP contribution < -0.4 is 5.32 Å². The van der Waals surface area contributed by atoms with Crippen LogP contribution in [0.25, 0.3) is 10.9 Å². The van der Waals surface area contributed by atoms with Crippen molar-refractivity contribution in [2.75, 3.05) is 13.1 Å². The van der Waals surface area contributed by atoms with Gasteiger partial charge < -0.3 is 25.4 Å². The molecule has 5 rings (SSSR count). The average Bonchev–Trinajstić information content (AvgIpc) is 3.35. The molecule has 1 aliphatic heterocycles. The van der Waals surface area contributed by atoms with E-state index in [1.807, 2.05) is 30.3 Å². The number of aliphatic hydroxyl groups is 2. The first-order valence-electron chi connectivity index (χ1n) is 10.7. The van der Waals surface area contributed by atoms with Gasteiger partial charge in [0.05, 0.1) is 18.1 Å². The molecule has 4 N–H and O–H groups in total. The second-order valence-electron chi connectivity index (χ2n) is 8.65. The fourth-order valence-electron chi connectivity index (χ4n) is 4.82. The van der Waals surface area contributed by atoms with Gasteiger partial charge in [-0.25, -0.2) is 0 Å².